The van der Waals surface area contributed by atoms with Gasteiger partial charge in [-0.1, -0.05) is 89.4 Å². The number of hydrogen-bond donors (Lipinski definition) is 1. The highest BCUT2D eigenvalue weighted by molar-refractivity contribution is 7.92. The van der Waals surface area contributed by atoms with Crippen LogP contribution in [0.1, 0.15) is 16.7 Å². The quantitative estimate of drug-likeness (QED) is 0.206. The van der Waals surface area contributed by atoms with Gasteiger partial charge in [0.1, 0.15) is 18.3 Å². The lowest BCUT2D eigenvalue weighted by molar-refractivity contribution is -0.139. The number of ether oxygens (including phenoxy) is 1. The molecular weight excluding hydrogens is 621 g/mol. The molecule has 0 saturated heterocycles. The largest absolute Gasteiger partial charge is 0.495 e. The van der Waals surface area contributed by atoms with Gasteiger partial charge in [-0.05, 0) is 54.4 Å². The van der Waals surface area contributed by atoms with Gasteiger partial charge in [-0.25, -0.2) is 8.42 Å². The number of rotatable bonds is 12. The number of methoxy groups -OCH3 is 1. The zero-order chi connectivity index (χ0) is 31.9. The van der Waals surface area contributed by atoms with E-state index < -0.39 is 34.4 Å². The molecule has 0 aliphatic heterocycles. The van der Waals surface area contributed by atoms with E-state index in [1.165, 1.54) is 31.2 Å². The Morgan fingerprint density at radius 3 is 2.16 bits per heavy atom. The normalized spacial score (nSPS) is 11.8. The Morgan fingerprint density at radius 1 is 0.864 bits per heavy atom. The molecule has 44 heavy (non-hydrogen) atoms. The van der Waals surface area contributed by atoms with E-state index in [4.69, 9.17) is 27.9 Å². The number of carbonyl (C=O) groups is 2. The third kappa shape index (κ3) is 7.72. The zero-order valence-electron chi connectivity index (χ0n) is 24.5. The van der Waals surface area contributed by atoms with Crippen molar-refractivity contribution >= 4 is 50.7 Å². The van der Waals surface area contributed by atoms with Gasteiger partial charge in [0.25, 0.3) is 10.0 Å². The smallest absolute Gasteiger partial charge is 0.264 e. The number of para-hydroxylation sites is 2. The summed E-state index contributed by atoms with van der Waals surface area (Å²) < 4.78 is 34.8. The number of nitrogens with zero attached hydrogens (tertiary/aromatic N) is 2. The van der Waals surface area contributed by atoms with Gasteiger partial charge in [-0.2, -0.15) is 0 Å². The molecule has 4 rings (SSSR count). The maximum Gasteiger partial charge on any atom is 0.264 e. The molecule has 0 aliphatic carbocycles. The van der Waals surface area contributed by atoms with E-state index in [9.17, 15) is 18.0 Å². The molecular formula is C33H33Cl2N3O5S. The molecule has 0 fully saturated rings. The second-order valence-corrected chi connectivity index (χ2v) is 12.8. The van der Waals surface area contributed by atoms with Gasteiger partial charge in [0, 0.05) is 20.0 Å². The Kier molecular flexibility index (Phi) is 10.9. The Bertz CT molecular complexity index is 1720. The van der Waals surface area contributed by atoms with Crippen molar-refractivity contribution in [2.24, 2.45) is 0 Å². The predicted molar refractivity (Wildman–Crippen MR) is 174 cm³/mol. The molecule has 4 aromatic carbocycles. The molecule has 230 valence electrons. The molecule has 0 aliphatic rings. The molecule has 0 saturated carbocycles. The summed E-state index contributed by atoms with van der Waals surface area (Å²) in [6, 6.07) is 26.2. The summed E-state index contributed by atoms with van der Waals surface area (Å²) in [5.74, 6) is -0.756. The molecule has 1 N–H and O–H groups in total. The van der Waals surface area contributed by atoms with Crippen molar-refractivity contribution in [1.29, 1.82) is 0 Å². The van der Waals surface area contributed by atoms with Crippen molar-refractivity contribution in [2.75, 3.05) is 25.0 Å². The van der Waals surface area contributed by atoms with E-state index in [0.29, 0.717) is 10.6 Å². The summed E-state index contributed by atoms with van der Waals surface area (Å²) >= 11 is 12.4. The Balaban J connectivity index is 1.82. The fourth-order valence-corrected chi connectivity index (χ4v) is 6.49. The first-order chi connectivity index (χ1) is 21.0. The van der Waals surface area contributed by atoms with Crippen LogP contribution < -0.4 is 14.4 Å². The number of hydrogen-bond acceptors (Lipinski definition) is 5. The molecule has 0 heterocycles. The van der Waals surface area contributed by atoms with E-state index in [-0.39, 0.29) is 34.3 Å². The SMILES string of the molecule is CNC(=O)C(Cc1ccccc1)N(Cc1ccc(Cl)c(Cl)c1)C(=O)CN(c1ccccc1OC)S(=O)(=O)c1ccc(C)cc1. The summed E-state index contributed by atoms with van der Waals surface area (Å²) in [5.41, 5.74) is 2.49. The monoisotopic (exact) mass is 653 g/mol. The fourth-order valence-electron chi connectivity index (χ4n) is 4.74. The third-order valence-corrected chi connectivity index (χ3v) is 9.61. The van der Waals surface area contributed by atoms with E-state index in [1.807, 2.05) is 37.3 Å². The maximum atomic E-state index is 14.4. The molecule has 1 unspecified atom stereocenters. The Hall–Kier alpha value is -4.05. The van der Waals surface area contributed by atoms with Crippen LogP contribution in [0.15, 0.2) is 102 Å². The number of carbonyl (C=O) groups excluding carboxylic acids is 2. The van der Waals surface area contributed by atoms with E-state index in [2.05, 4.69) is 5.32 Å². The lowest BCUT2D eigenvalue weighted by Crippen LogP contribution is -2.53. The van der Waals surface area contributed by atoms with Gasteiger partial charge in [-0.3, -0.25) is 13.9 Å². The van der Waals surface area contributed by atoms with E-state index in [1.54, 1.807) is 54.6 Å². The van der Waals surface area contributed by atoms with Gasteiger partial charge in [0.05, 0.1) is 27.7 Å². The molecule has 11 heteroatoms. The van der Waals surface area contributed by atoms with Crippen molar-refractivity contribution < 1.29 is 22.7 Å². The van der Waals surface area contributed by atoms with Crippen LogP contribution in [0.3, 0.4) is 0 Å². The number of likely N-dealkylation sites (N-methyl/N-ethyl adjacent to an activating group) is 1. The average Bonchev–Trinajstić information content (AvgIpc) is 3.03. The van der Waals surface area contributed by atoms with Gasteiger partial charge >= 0.3 is 0 Å². The first-order valence-corrected chi connectivity index (χ1v) is 16.0. The summed E-state index contributed by atoms with van der Waals surface area (Å²) in [6.45, 7) is 1.20. The van der Waals surface area contributed by atoms with Gasteiger partial charge < -0.3 is 15.0 Å². The van der Waals surface area contributed by atoms with Crippen molar-refractivity contribution in [3.05, 3.63) is 124 Å². The van der Waals surface area contributed by atoms with Gasteiger partial charge in [0.15, 0.2) is 0 Å². The lowest BCUT2D eigenvalue weighted by atomic mass is 10.0. The number of amides is 2. The number of benzene rings is 4. The molecule has 8 nitrogen and oxygen atoms in total. The minimum atomic E-state index is -4.26. The zero-order valence-corrected chi connectivity index (χ0v) is 26.9. The van der Waals surface area contributed by atoms with Crippen LogP contribution in [0.25, 0.3) is 0 Å². The molecule has 1 atom stereocenters. The molecule has 0 bridgehead atoms. The number of anilines is 1. The summed E-state index contributed by atoms with van der Waals surface area (Å²) in [7, 11) is -1.34. The predicted octanol–water partition coefficient (Wildman–Crippen LogP) is 5.89. The first kappa shape index (κ1) is 32.9. The summed E-state index contributed by atoms with van der Waals surface area (Å²) in [4.78, 5) is 29.2. The highest BCUT2D eigenvalue weighted by Crippen LogP contribution is 2.33. The number of aryl methyl sites for hydroxylation is 1. The van der Waals surface area contributed by atoms with Crippen molar-refractivity contribution in [3.63, 3.8) is 0 Å². The number of sulfonamides is 1. The molecule has 0 aromatic heterocycles. The summed E-state index contributed by atoms with van der Waals surface area (Å²) in [6.07, 6.45) is 0.187. The average molecular weight is 655 g/mol. The van der Waals surface area contributed by atoms with Crippen molar-refractivity contribution in [2.45, 2.75) is 30.8 Å². The topological polar surface area (TPSA) is 96.0 Å². The van der Waals surface area contributed by atoms with Crippen LogP contribution in [0.4, 0.5) is 5.69 Å². The highest BCUT2D eigenvalue weighted by Gasteiger charge is 2.35. The molecule has 0 spiro atoms. The van der Waals surface area contributed by atoms with E-state index in [0.717, 1.165) is 15.4 Å². The second-order valence-electron chi connectivity index (χ2n) is 10.1. The second kappa shape index (κ2) is 14.6. The van der Waals surface area contributed by atoms with Crippen LogP contribution in [0, 0.1) is 6.92 Å². The number of halogens is 2. The molecule has 4 aromatic rings. The molecule has 2 amide bonds. The molecule has 0 radical (unpaired) electrons. The lowest BCUT2D eigenvalue weighted by Gasteiger charge is -2.34. The highest BCUT2D eigenvalue weighted by atomic mass is 35.5. The summed E-state index contributed by atoms with van der Waals surface area (Å²) in [5, 5.41) is 3.29. The standard InChI is InChI=1S/C33H33Cl2N3O5S/c1-23-13-16-26(17-14-23)44(41,42)38(29-11-7-8-12-31(29)43-3)22-32(39)37(21-25-15-18-27(34)28(35)19-25)30(33(40)36-2)20-24-9-5-4-6-10-24/h4-19,30H,20-22H2,1-3H3,(H,36,40). The van der Waals surface area contributed by atoms with Crippen LogP contribution in [-0.4, -0.2) is 51.9 Å². The minimum absolute atomic E-state index is 0.00461. The fraction of sp³-hybridized carbons (Fsp3) is 0.212. The van der Waals surface area contributed by atoms with E-state index >= 15 is 0 Å². The van der Waals surface area contributed by atoms with Crippen molar-refractivity contribution in [3.8, 4) is 5.75 Å². The van der Waals surface area contributed by atoms with Gasteiger partial charge in [0.2, 0.25) is 11.8 Å². The third-order valence-electron chi connectivity index (χ3n) is 7.10. The Morgan fingerprint density at radius 2 is 1.52 bits per heavy atom. The maximum absolute atomic E-state index is 14.4. The van der Waals surface area contributed by atoms with Crippen LogP contribution in [0.2, 0.25) is 10.0 Å². The van der Waals surface area contributed by atoms with Crippen molar-refractivity contribution in [1.82, 2.24) is 10.2 Å². The first-order valence-electron chi connectivity index (χ1n) is 13.8. The Labute approximate surface area is 268 Å². The van der Waals surface area contributed by atoms with Crippen LogP contribution in [0.5, 0.6) is 5.75 Å². The van der Waals surface area contributed by atoms with Crippen LogP contribution >= 0.6 is 23.2 Å². The van der Waals surface area contributed by atoms with Crippen LogP contribution in [-0.2, 0) is 32.6 Å². The minimum Gasteiger partial charge on any atom is -0.495 e. The van der Waals surface area contributed by atoms with Gasteiger partial charge in [-0.15, -0.1) is 0 Å². The number of nitrogens with one attached hydrogen (secondary N) is 1.